The summed E-state index contributed by atoms with van der Waals surface area (Å²) < 4.78 is 0. The van der Waals surface area contributed by atoms with E-state index in [9.17, 15) is 4.79 Å². The van der Waals surface area contributed by atoms with Crippen LogP contribution in [-0.4, -0.2) is 37.0 Å². The van der Waals surface area contributed by atoms with Crippen LogP contribution in [0.4, 0.5) is 0 Å². The Kier molecular flexibility index (Phi) is 6.46. The third-order valence-electron chi connectivity index (χ3n) is 3.31. The maximum absolute atomic E-state index is 11.7. The Labute approximate surface area is 99.6 Å². The van der Waals surface area contributed by atoms with Crippen LogP contribution >= 0.6 is 0 Å². The first kappa shape index (κ1) is 13.5. The number of nitrogens with one attached hydrogen (secondary N) is 1. The van der Waals surface area contributed by atoms with Gasteiger partial charge in [0, 0.05) is 13.1 Å². The molecule has 0 aromatic carbocycles. The van der Waals surface area contributed by atoms with E-state index in [2.05, 4.69) is 17.1 Å². The van der Waals surface area contributed by atoms with Gasteiger partial charge in [-0.05, 0) is 39.3 Å². The second-order valence-electron chi connectivity index (χ2n) is 4.74. The van der Waals surface area contributed by atoms with Crippen LogP contribution in [0.5, 0.6) is 0 Å². The van der Waals surface area contributed by atoms with Crippen molar-refractivity contribution >= 4 is 5.91 Å². The Morgan fingerprint density at radius 1 is 1.38 bits per heavy atom. The zero-order valence-electron chi connectivity index (χ0n) is 10.8. The lowest BCUT2D eigenvalue weighted by Gasteiger charge is -2.31. The predicted molar refractivity (Wildman–Crippen MR) is 67.4 cm³/mol. The molecule has 3 heteroatoms. The average Bonchev–Trinajstić information content (AvgIpc) is 2.30. The lowest BCUT2D eigenvalue weighted by molar-refractivity contribution is -0.126. The smallest absolute Gasteiger partial charge is 0.224 e. The number of hydrogen-bond acceptors (Lipinski definition) is 2. The average molecular weight is 226 g/mol. The molecule has 0 saturated carbocycles. The normalized spacial score (nSPS) is 22.0. The second-order valence-corrected chi connectivity index (χ2v) is 4.74. The van der Waals surface area contributed by atoms with Crippen LogP contribution in [0.3, 0.4) is 0 Å². The Balaban J connectivity index is 2.26. The number of carbonyl (C=O) groups excluding carboxylic acids is 1. The summed E-state index contributed by atoms with van der Waals surface area (Å²) in [5, 5.41) is 2.94. The van der Waals surface area contributed by atoms with Gasteiger partial charge in [-0.1, -0.05) is 19.8 Å². The van der Waals surface area contributed by atoms with E-state index in [1.165, 1.54) is 38.8 Å². The zero-order chi connectivity index (χ0) is 11.8. The number of piperidine rings is 1. The molecule has 1 N–H and O–H groups in total. The molecule has 0 spiro atoms. The van der Waals surface area contributed by atoms with Crippen molar-refractivity contribution in [1.29, 1.82) is 0 Å². The van der Waals surface area contributed by atoms with Crippen LogP contribution in [0.25, 0.3) is 0 Å². The maximum atomic E-state index is 11.7. The number of likely N-dealkylation sites (tertiary alicyclic amines) is 1. The summed E-state index contributed by atoms with van der Waals surface area (Å²) >= 11 is 0. The van der Waals surface area contributed by atoms with Gasteiger partial charge in [0.15, 0.2) is 0 Å². The molecule has 1 aliphatic heterocycles. The molecule has 0 aromatic rings. The highest BCUT2D eigenvalue weighted by atomic mass is 16.1. The number of rotatable bonds is 6. The molecule has 1 aliphatic rings. The molecule has 0 bridgehead atoms. The van der Waals surface area contributed by atoms with Gasteiger partial charge >= 0.3 is 0 Å². The van der Waals surface area contributed by atoms with Crippen molar-refractivity contribution in [1.82, 2.24) is 10.2 Å². The Hall–Kier alpha value is -0.570. The van der Waals surface area contributed by atoms with Crippen molar-refractivity contribution < 1.29 is 4.79 Å². The highest BCUT2D eigenvalue weighted by Gasteiger charge is 2.24. The number of nitrogens with zero attached hydrogens (tertiary/aromatic N) is 1. The standard InChI is InChI=1S/C13H26N2O/c1-3-5-6-9-15-10-7-8-12(11-15)13(16)14-4-2/h12H,3-11H2,1-2H3,(H,14,16). The van der Waals surface area contributed by atoms with E-state index in [1.54, 1.807) is 0 Å². The molecule has 3 nitrogen and oxygen atoms in total. The SMILES string of the molecule is CCCCCN1CCCC(C(=O)NCC)C1. The van der Waals surface area contributed by atoms with Gasteiger partial charge in [-0.3, -0.25) is 4.79 Å². The van der Waals surface area contributed by atoms with E-state index >= 15 is 0 Å². The fraction of sp³-hybridized carbons (Fsp3) is 0.923. The second kappa shape index (κ2) is 7.66. The Morgan fingerprint density at radius 2 is 2.19 bits per heavy atom. The molecule has 0 aromatic heterocycles. The van der Waals surface area contributed by atoms with Gasteiger partial charge in [-0.25, -0.2) is 0 Å². The van der Waals surface area contributed by atoms with Crippen LogP contribution in [0.2, 0.25) is 0 Å². The molecule has 1 amide bonds. The highest BCUT2D eigenvalue weighted by Crippen LogP contribution is 2.17. The zero-order valence-corrected chi connectivity index (χ0v) is 10.8. The largest absolute Gasteiger partial charge is 0.356 e. The molecule has 1 saturated heterocycles. The van der Waals surface area contributed by atoms with Gasteiger partial charge in [-0.2, -0.15) is 0 Å². The number of unbranched alkanes of at least 4 members (excludes halogenated alkanes) is 2. The predicted octanol–water partition coefficient (Wildman–Crippen LogP) is 2.02. The molecular weight excluding hydrogens is 200 g/mol. The number of hydrogen-bond donors (Lipinski definition) is 1. The fourth-order valence-electron chi connectivity index (χ4n) is 2.38. The lowest BCUT2D eigenvalue weighted by Crippen LogP contribution is -2.43. The van der Waals surface area contributed by atoms with Crippen LogP contribution < -0.4 is 5.32 Å². The van der Waals surface area contributed by atoms with Crippen LogP contribution in [0.15, 0.2) is 0 Å². The third kappa shape index (κ3) is 4.52. The molecule has 1 rings (SSSR count). The monoisotopic (exact) mass is 226 g/mol. The van der Waals surface area contributed by atoms with E-state index in [4.69, 9.17) is 0 Å². The van der Waals surface area contributed by atoms with Gasteiger partial charge in [0.2, 0.25) is 5.91 Å². The van der Waals surface area contributed by atoms with E-state index in [-0.39, 0.29) is 11.8 Å². The van der Waals surface area contributed by atoms with Crippen molar-refractivity contribution in [2.75, 3.05) is 26.2 Å². The quantitative estimate of drug-likeness (QED) is 0.703. The lowest BCUT2D eigenvalue weighted by atomic mass is 9.97. The van der Waals surface area contributed by atoms with Gasteiger partial charge in [0.05, 0.1) is 5.92 Å². The summed E-state index contributed by atoms with van der Waals surface area (Å²) in [6.07, 6.45) is 6.10. The van der Waals surface area contributed by atoms with E-state index in [0.717, 1.165) is 19.5 Å². The van der Waals surface area contributed by atoms with E-state index in [1.807, 2.05) is 6.92 Å². The van der Waals surface area contributed by atoms with E-state index < -0.39 is 0 Å². The van der Waals surface area contributed by atoms with Gasteiger partial charge in [0.1, 0.15) is 0 Å². The number of amides is 1. The molecule has 0 radical (unpaired) electrons. The molecular formula is C13H26N2O. The first-order valence-electron chi connectivity index (χ1n) is 6.78. The molecule has 1 heterocycles. The molecule has 1 fully saturated rings. The summed E-state index contributed by atoms with van der Waals surface area (Å²) in [6.45, 7) is 8.29. The molecule has 1 unspecified atom stereocenters. The minimum Gasteiger partial charge on any atom is -0.356 e. The maximum Gasteiger partial charge on any atom is 0.224 e. The van der Waals surface area contributed by atoms with Crippen molar-refractivity contribution in [2.24, 2.45) is 5.92 Å². The summed E-state index contributed by atoms with van der Waals surface area (Å²) in [5.74, 6) is 0.484. The fourth-order valence-corrected chi connectivity index (χ4v) is 2.38. The number of carbonyl (C=O) groups is 1. The molecule has 1 atom stereocenters. The van der Waals surface area contributed by atoms with Gasteiger partial charge in [-0.15, -0.1) is 0 Å². The first-order valence-corrected chi connectivity index (χ1v) is 6.78. The van der Waals surface area contributed by atoms with Crippen molar-refractivity contribution in [3.05, 3.63) is 0 Å². The minimum atomic E-state index is 0.232. The van der Waals surface area contributed by atoms with Gasteiger partial charge in [0.25, 0.3) is 0 Å². The minimum absolute atomic E-state index is 0.232. The summed E-state index contributed by atoms with van der Waals surface area (Å²) in [6, 6.07) is 0. The molecule has 94 valence electrons. The topological polar surface area (TPSA) is 32.3 Å². The van der Waals surface area contributed by atoms with Crippen molar-refractivity contribution in [2.45, 2.75) is 46.0 Å². The summed E-state index contributed by atoms with van der Waals surface area (Å²) in [5.41, 5.74) is 0. The summed E-state index contributed by atoms with van der Waals surface area (Å²) in [7, 11) is 0. The molecule has 0 aliphatic carbocycles. The van der Waals surface area contributed by atoms with Crippen molar-refractivity contribution in [3.63, 3.8) is 0 Å². The van der Waals surface area contributed by atoms with Crippen LogP contribution in [0.1, 0.15) is 46.0 Å². The summed E-state index contributed by atoms with van der Waals surface area (Å²) in [4.78, 5) is 14.2. The molecule has 16 heavy (non-hydrogen) atoms. The van der Waals surface area contributed by atoms with E-state index in [0.29, 0.717) is 0 Å². The van der Waals surface area contributed by atoms with Crippen LogP contribution in [-0.2, 0) is 4.79 Å². The van der Waals surface area contributed by atoms with Crippen molar-refractivity contribution in [3.8, 4) is 0 Å². The first-order chi connectivity index (χ1) is 7.77. The van der Waals surface area contributed by atoms with Crippen LogP contribution in [0, 0.1) is 5.92 Å². The van der Waals surface area contributed by atoms with Gasteiger partial charge < -0.3 is 10.2 Å². The Morgan fingerprint density at radius 3 is 2.88 bits per heavy atom. The highest BCUT2D eigenvalue weighted by molar-refractivity contribution is 5.78. The Bertz CT molecular complexity index is 206. The third-order valence-corrected chi connectivity index (χ3v) is 3.31.